The summed E-state index contributed by atoms with van der Waals surface area (Å²) in [6.07, 6.45) is 5.81. The van der Waals surface area contributed by atoms with Crippen molar-refractivity contribution in [1.82, 2.24) is 4.98 Å². The van der Waals surface area contributed by atoms with E-state index in [-0.39, 0.29) is 0 Å². The van der Waals surface area contributed by atoms with Gasteiger partial charge in [0, 0.05) is 6.20 Å². The maximum atomic E-state index is 10.4. The van der Waals surface area contributed by atoms with Crippen molar-refractivity contribution in [2.45, 2.75) is 38.7 Å². The molecular formula is C14H21NO2. The molecule has 0 aliphatic heterocycles. The van der Waals surface area contributed by atoms with Crippen LogP contribution < -0.4 is 4.74 Å². The molecular weight excluding hydrogens is 214 g/mol. The highest BCUT2D eigenvalue weighted by Crippen LogP contribution is 2.38. The summed E-state index contributed by atoms with van der Waals surface area (Å²) in [5.74, 6) is 1.82. The zero-order valence-corrected chi connectivity index (χ0v) is 10.6. The smallest absolute Gasteiger partial charge is 0.143 e. The molecule has 1 fully saturated rings. The van der Waals surface area contributed by atoms with Gasteiger partial charge < -0.3 is 9.84 Å². The van der Waals surface area contributed by atoms with Crippen LogP contribution in [-0.4, -0.2) is 17.2 Å². The highest BCUT2D eigenvalue weighted by atomic mass is 16.5. The van der Waals surface area contributed by atoms with Crippen molar-refractivity contribution in [2.24, 2.45) is 11.8 Å². The molecule has 1 aliphatic carbocycles. The normalized spacial score (nSPS) is 26.5. The van der Waals surface area contributed by atoms with E-state index in [4.69, 9.17) is 4.74 Å². The predicted octanol–water partition coefficient (Wildman–Crippen LogP) is 2.95. The van der Waals surface area contributed by atoms with E-state index in [2.05, 4.69) is 11.9 Å². The number of methoxy groups -OCH3 is 1. The first-order valence-electron chi connectivity index (χ1n) is 6.39. The highest BCUT2D eigenvalue weighted by molar-refractivity contribution is 5.28. The van der Waals surface area contributed by atoms with Gasteiger partial charge >= 0.3 is 0 Å². The number of ether oxygens (including phenoxy) is 1. The van der Waals surface area contributed by atoms with Gasteiger partial charge in [-0.1, -0.05) is 19.8 Å². The lowest BCUT2D eigenvalue weighted by Crippen LogP contribution is -2.20. The van der Waals surface area contributed by atoms with Crippen LogP contribution in [0.5, 0.6) is 5.75 Å². The summed E-state index contributed by atoms with van der Waals surface area (Å²) in [7, 11) is 1.62. The Balaban J connectivity index is 2.10. The van der Waals surface area contributed by atoms with Crippen LogP contribution in [0.4, 0.5) is 0 Å². The summed E-state index contributed by atoms with van der Waals surface area (Å²) < 4.78 is 5.26. The molecule has 1 heterocycles. The lowest BCUT2D eigenvalue weighted by atomic mass is 9.79. The first kappa shape index (κ1) is 12.4. The van der Waals surface area contributed by atoms with Gasteiger partial charge in [-0.2, -0.15) is 0 Å². The van der Waals surface area contributed by atoms with Crippen LogP contribution in [0.15, 0.2) is 18.3 Å². The van der Waals surface area contributed by atoms with E-state index in [9.17, 15) is 5.11 Å². The summed E-state index contributed by atoms with van der Waals surface area (Å²) in [6.45, 7) is 2.28. The van der Waals surface area contributed by atoms with Gasteiger partial charge in [0.2, 0.25) is 0 Å². The first-order chi connectivity index (χ1) is 8.22. The maximum absolute atomic E-state index is 10.4. The van der Waals surface area contributed by atoms with E-state index in [1.807, 2.05) is 12.1 Å². The molecule has 1 unspecified atom stereocenters. The SMILES string of the molecule is COc1cccnc1C(O)C1CCC(C)CC1. The molecule has 0 amide bonds. The molecule has 1 aromatic heterocycles. The molecule has 1 aromatic rings. The number of rotatable bonds is 3. The third kappa shape index (κ3) is 2.78. The van der Waals surface area contributed by atoms with Crippen LogP contribution in [0.3, 0.4) is 0 Å². The second-order valence-electron chi connectivity index (χ2n) is 5.06. The van der Waals surface area contributed by atoms with E-state index in [0.717, 1.165) is 18.8 Å². The third-order valence-electron chi connectivity index (χ3n) is 3.81. The van der Waals surface area contributed by atoms with Crippen molar-refractivity contribution in [2.75, 3.05) is 7.11 Å². The van der Waals surface area contributed by atoms with Crippen LogP contribution in [0.2, 0.25) is 0 Å². The average Bonchev–Trinajstić information content (AvgIpc) is 2.39. The number of hydrogen-bond acceptors (Lipinski definition) is 3. The van der Waals surface area contributed by atoms with Gasteiger partial charge in [0.25, 0.3) is 0 Å². The fourth-order valence-electron chi connectivity index (χ4n) is 2.62. The highest BCUT2D eigenvalue weighted by Gasteiger charge is 2.28. The summed E-state index contributed by atoms with van der Waals surface area (Å²) >= 11 is 0. The molecule has 0 saturated heterocycles. The van der Waals surface area contributed by atoms with E-state index in [1.165, 1.54) is 12.8 Å². The molecule has 3 nitrogen and oxygen atoms in total. The van der Waals surface area contributed by atoms with Gasteiger partial charge in [-0.15, -0.1) is 0 Å². The van der Waals surface area contributed by atoms with Crippen molar-refractivity contribution in [3.8, 4) is 5.75 Å². The first-order valence-corrected chi connectivity index (χ1v) is 6.39. The van der Waals surface area contributed by atoms with E-state index < -0.39 is 6.10 Å². The summed E-state index contributed by atoms with van der Waals surface area (Å²) in [4.78, 5) is 4.27. The predicted molar refractivity (Wildman–Crippen MR) is 66.9 cm³/mol. The number of aliphatic hydroxyl groups excluding tert-OH is 1. The Bertz CT molecular complexity index is 359. The second kappa shape index (κ2) is 5.50. The molecule has 0 spiro atoms. The molecule has 1 aliphatic rings. The lowest BCUT2D eigenvalue weighted by molar-refractivity contribution is 0.0698. The van der Waals surface area contributed by atoms with E-state index >= 15 is 0 Å². The molecule has 0 bridgehead atoms. The van der Waals surface area contributed by atoms with Crippen molar-refractivity contribution in [3.05, 3.63) is 24.0 Å². The van der Waals surface area contributed by atoms with Crippen molar-refractivity contribution >= 4 is 0 Å². The van der Waals surface area contributed by atoms with Crippen molar-refractivity contribution in [3.63, 3.8) is 0 Å². The van der Waals surface area contributed by atoms with Crippen molar-refractivity contribution < 1.29 is 9.84 Å². The topological polar surface area (TPSA) is 42.4 Å². The zero-order chi connectivity index (χ0) is 12.3. The molecule has 1 saturated carbocycles. The average molecular weight is 235 g/mol. The van der Waals surface area contributed by atoms with Gasteiger partial charge in [0.05, 0.1) is 7.11 Å². The molecule has 94 valence electrons. The summed E-state index contributed by atoms with van der Waals surface area (Å²) in [5, 5.41) is 10.4. The molecule has 0 radical (unpaired) electrons. The molecule has 0 aromatic carbocycles. The van der Waals surface area contributed by atoms with Crippen molar-refractivity contribution in [1.29, 1.82) is 0 Å². The summed E-state index contributed by atoms with van der Waals surface area (Å²) in [5.41, 5.74) is 0.689. The van der Waals surface area contributed by atoms with Gasteiger partial charge in [0.15, 0.2) is 0 Å². The Morgan fingerprint density at radius 2 is 2.06 bits per heavy atom. The molecule has 17 heavy (non-hydrogen) atoms. The van der Waals surface area contributed by atoms with Crippen LogP contribution in [0.25, 0.3) is 0 Å². The van der Waals surface area contributed by atoms with Gasteiger partial charge in [-0.05, 0) is 36.8 Å². The Hall–Kier alpha value is -1.09. The number of aromatic nitrogens is 1. The minimum absolute atomic E-state index is 0.329. The van der Waals surface area contributed by atoms with Crippen LogP contribution >= 0.6 is 0 Å². The third-order valence-corrected chi connectivity index (χ3v) is 3.81. The standard InChI is InChI=1S/C14H21NO2/c1-10-5-7-11(8-6-10)14(16)13-12(17-2)4-3-9-15-13/h3-4,9-11,14,16H,5-8H2,1-2H3. The number of aliphatic hydroxyl groups is 1. The van der Waals surface area contributed by atoms with Crippen LogP contribution in [-0.2, 0) is 0 Å². The minimum Gasteiger partial charge on any atom is -0.495 e. The Labute approximate surface area is 103 Å². The largest absolute Gasteiger partial charge is 0.495 e. The minimum atomic E-state index is -0.487. The van der Waals surface area contributed by atoms with Gasteiger partial charge in [0.1, 0.15) is 17.5 Å². The fourth-order valence-corrected chi connectivity index (χ4v) is 2.62. The lowest BCUT2D eigenvalue weighted by Gasteiger charge is -2.30. The van der Waals surface area contributed by atoms with E-state index in [0.29, 0.717) is 17.4 Å². The van der Waals surface area contributed by atoms with Crippen LogP contribution in [0.1, 0.15) is 44.4 Å². The quantitative estimate of drug-likeness (QED) is 0.875. The van der Waals surface area contributed by atoms with Crippen LogP contribution in [0, 0.1) is 11.8 Å². The maximum Gasteiger partial charge on any atom is 0.143 e. The van der Waals surface area contributed by atoms with Gasteiger partial charge in [-0.3, -0.25) is 4.98 Å². The Kier molecular flexibility index (Phi) is 4.00. The van der Waals surface area contributed by atoms with E-state index in [1.54, 1.807) is 13.3 Å². The fraction of sp³-hybridized carbons (Fsp3) is 0.643. The second-order valence-corrected chi connectivity index (χ2v) is 5.06. The molecule has 2 rings (SSSR count). The van der Waals surface area contributed by atoms with Gasteiger partial charge in [-0.25, -0.2) is 0 Å². The molecule has 1 N–H and O–H groups in total. The molecule has 3 heteroatoms. The Morgan fingerprint density at radius 1 is 1.35 bits per heavy atom. The number of pyridine rings is 1. The zero-order valence-electron chi connectivity index (χ0n) is 10.6. The Morgan fingerprint density at radius 3 is 2.71 bits per heavy atom. The number of hydrogen-bond donors (Lipinski definition) is 1. The monoisotopic (exact) mass is 235 g/mol. The molecule has 1 atom stereocenters. The number of nitrogens with zero attached hydrogens (tertiary/aromatic N) is 1. The summed E-state index contributed by atoms with van der Waals surface area (Å²) in [6, 6.07) is 3.69.